The third-order valence-corrected chi connectivity index (χ3v) is 2.19. The lowest BCUT2D eigenvalue weighted by molar-refractivity contribution is -0.149. The van der Waals surface area contributed by atoms with Crippen LogP contribution in [-0.2, 0) is 28.9 Å². The number of hydroxylamine groups is 1. The number of hydrogen-bond acceptors (Lipinski definition) is 8. The first-order chi connectivity index (χ1) is 9.77. The molecule has 0 aromatic heterocycles. The molecule has 0 bridgehead atoms. The average molecular weight is 298 g/mol. The van der Waals surface area contributed by atoms with Crippen molar-refractivity contribution in [3.63, 3.8) is 0 Å². The number of carbonyl (C=O) groups is 4. The Morgan fingerprint density at radius 2 is 1.76 bits per heavy atom. The van der Waals surface area contributed by atoms with E-state index in [1.165, 1.54) is 6.92 Å². The topological polar surface area (TPSA) is 111 Å². The molecule has 8 heteroatoms. The zero-order chi connectivity index (χ0) is 16.4. The quantitative estimate of drug-likeness (QED) is 0.290. The third kappa shape index (κ3) is 8.30. The summed E-state index contributed by atoms with van der Waals surface area (Å²) in [6.45, 7) is 7.38. The van der Waals surface area contributed by atoms with Crippen molar-refractivity contribution < 1.29 is 28.9 Å². The summed E-state index contributed by atoms with van der Waals surface area (Å²) in [6, 6.07) is 0. The average Bonchev–Trinajstić information content (AvgIpc) is 2.42. The maximum absolute atomic E-state index is 11.7. The first-order valence-electron chi connectivity index (χ1n) is 6.21. The molecule has 0 spiro atoms. The Morgan fingerprint density at radius 3 is 2.24 bits per heavy atom. The van der Waals surface area contributed by atoms with E-state index in [4.69, 9.17) is 0 Å². The highest BCUT2D eigenvalue weighted by molar-refractivity contribution is 6.39. The van der Waals surface area contributed by atoms with E-state index < -0.39 is 23.5 Å². The van der Waals surface area contributed by atoms with Crippen LogP contribution in [-0.4, -0.2) is 29.2 Å². The fourth-order valence-corrected chi connectivity index (χ4v) is 1.04. The van der Waals surface area contributed by atoms with E-state index in [0.717, 1.165) is 6.92 Å². The number of nitrogens with zero attached hydrogens (tertiary/aromatic N) is 1. The van der Waals surface area contributed by atoms with Crippen LogP contribution >= 0.6 is 0 Å². The van der Waals surface area contributed by atoms with Gasteiger partial charge in [-0.05, 0) is 0 Å². The molecule has 0 aliphatic rings. The SMILES string of the molecule is C=C(NOC(=O)CC)C(=O)CCC(=NOC(C)=O)C(C)=O. The first kappa shape index (κ1) is 18.5. The molecule has 0 aromatic carbocycles. The summed E-state index contributed by atoms with van der Waals surface area (Å²) in [4.78, 5) is 53.3. The smallest absolute Gasteiger partial charge is 0.331 e. The van der Waals surface area contributed by atoms with Crippen LogP contribution < -0.4 is 5.48 Å². The molecular formula is C13H18N2O6. The zero-order valence-corrected chi connectivity index (χ0v) is 12.2. The van der Waals surface area contributed by atoms with Gasteiger partial charge in [-0.1, -0.05) is 18.7 Å². The van der Waals surface area contributed by atoms with Gasteiger partial charge in [-0.25, -0.2) is 15.1 Å². The molecule has 0 unspecified atom stereocenters. The molecular weight excluding hydrogens is 280 g/mol. The number of nitrogens with one attached hydrogen (secondary N) is 1. The normalized spacial score (nSPS) is 10.5. The molecule has 0 saturated heterocycles. The molecule has 0 aliphatic heterocycles. The van der Waals surface area contributed by atoms with Crippen LogP contribution in [0.4, 0.5) is 0 Å². The maximum atomic E-state index is 11.7. The highest BCUT2D eigenvalue weighted by Gasteiger charge is 2.14. The third-order valence-electron chi connectivity index (χ3n) is 2.19. The van der Waals surface area contributed by atoms with E-state index in [1.807, 2.05) is 0 Å². The second-order valence-electron chi connectivity index (χ2n) is 4.01. The lowest BCUT2D eigenvalue weighted by atomic mass is 10.1. The minimum Gasteiger partial charge on any atom is -0.343 e. The maximum Gasteiger partial charge on any atom is 0.331 e. The molecule has 0 radical (unpaired) electrons. The molecule has 0 aliphatic carbocycles. The van der Waals surface area contributed by atoms with Crippen LogP contribution in [0.1, 0.15) is 40.0 Å². The van der Waals surface area contributed by atoms with Gasteiger partial charge in [0.05, 0.1) is 0 Å². The minimum atomic E-state index is -0.669. The molecule has 1 N–H and O–H groups in total. The second kappa shape index (κ2) is 9.40. The molecule has 0 heterocycles. The van der Waals surface area contributed by atoms with Crippen molar-refractivity contribution in [2.24, 2.45) is 5.16 Å². The van der Waals surface area contributed by atoms with Gasteiger partial charge in [0.1, 0.15) is 11.4 Å². The molecule has 0 rings (SSSR count). The Hall–Kier alpha value is -2.51. The van der Waals surface area contributed by atoms with E-state index in [-0.39, 0.29) is 30.7 Å². The molecule has 116 valence electrons. The summed E-state index contributed by atoms with van der Waals surface area (Å²) in [7, 11) is 0. The molecule has 0 amide bonds. The number of carbonyl (C=O) groups excluding carboxylic acids is 4. The molecule has 8 nitrogen and oxygen atoms in total. The Bertz CT molecular complexity index is 481. The number of Topliss-reactive ketones (excluding diaryl/α,β-unsaturated/α-hetero) is 2. The van der Waals surface area contributed by atoms with Gasteiger partial charge < -0.3 is 9.68 Å². The summed E-state index contributed by atoms with van der Waals surface area (Å²) < 4.78 is 0. The van der Waals surface area contributed by atoms with Crippen LogP contribution in [0.3, 0.4) is 0 Å². The molecule has 21 heavy (non-hydrogen) atoms. The van der Waals surface area contributed by atoms with Crippen molar-refractivity contribution in [2.75, 3.05) is 0 Å². The highest BCUT2D eigenvalue weighted by Crippen LogP contribution is 2.02. The predicted octanol–water partition coefficient (Wildman–Crippen LogP) is 0.815. The standard InChI is InChI=1S/C13H18N2O6/c1-5-13(19)21-14-8(2)12(18)7-6-11(9(3)16)15-20-10(4)17/h14H,2,5-7H2,1,3-4H3. The Morgan fingerprint density at radius 1 is 1.14 bits per heavy atom. The van der Waals surface area contributed by atoms with E-state index in [0.29, 0.717) is 0 Å². The number of hydrogen-bond donors (Lipinski definition) is 1. The van der Waals surface area contributed by atoms with Crippen LogP contribution in [0.25, 0.3) is 0 Å². The molecule has 0 saturated carbocycles. The summed E-state index contributed by atoms with van der Waals surface area (Å²) in [5, 5.41) is 3.37. The van der Waals surface area contributed by atoms with Crippen molar-refractivity contribution in [3.05, 3.63) is 12.3 Å². The molecule has 0 fully saturated rings. The lowest BCUT2D eigenvalue weighted by Crippen LogP contribution is -2.24. The van der Waals surface area contributed by atoms with Gasteiger partial charge in [0.25, 0.3) is 0 Å². The van der Waals surface area contributed by atoms with Crippen molar-refractivity contribution >= 4 is 29.2 Å². The Kier molecular flexibility index (Phi) is 8.28. The van der Waals surface area contributed by atoms with Gasteiger partial charge in [-0.15, -0.1) is 0 Å². The Balaban J connectivity index is 4.39. The lowest BCUT2D eigenvalue weighted by Gasteiger charge is -2.07. The van der Waals surface area contributed by atoms with Crippen molar-refractivity contribution in [3.8, 4) is 0 Å². The molecule has 0 atom stereocenters. The van der Waals surface area contributed by atoms with Gasteiger partial charge in [-0.3, -0.25) is 9.59 Å². The molecule has 0 aromatic rings. The largest absolute Gasteiger partial charge is 0.343 e. The van der Waals surface area contributed by atoms with Crippen molar-refractivity contribution in [2.45, 2.75) is 40.0 Å². The van der Waals surface area contributed by atoms with E-state index in [2.05, 4.69) is 26.9 Å². The summed E-state index contributed by atoms with van der Waals surface area (Å²) in [5.41, 5.74) is 1.97. The highest BCUT2D eigenvalue weighted by atomic mass is 16.7. The minimum absolute atomic E-state index is 0.0239. The van der Waals surface area contributed by atoms with Crippen LogP contribution in [0.2, 0.25) is 0 Å². The van der Waals surface area contributed by atoms with Gasteiger partial charge in [0.2, 0.25) is 0 Å². The number of ketones is 2. The number of rotatable bonds is 9. The Labute approximate surface area is 122 Å². The predicted molar refractivity (Wildman–Crippen MR) is 72.8 cm³/mol. The van der Waals surface area contributed by atoms with Crippen molar-refractivity contribution in [1.82, 2.24) is 5.48 Å². The summed E-state index contributed by atoms with van der Waals surface area (Å²) in [5.74, 6) is -2.09. The first-order valence-corrected chi connectivity index (χ1v) is 6.21. The van der Waals surface area contributed by atoms with Crippen molar-refractivity contribution in [1.29, 1.82) is 0 Å². The summed E-state index contributed by atoms with van der Waals surface area (Å²) in [6.07, 6.45) is 0.0249. The monoisotopic (exact) mass is 298 g/mol. The van der Waals surface area contributed by atoms with Crippen LogP contribution in [0.5, 0.6) is 0 Å². The zero-order valence-electron chi connectivity index (χ0n) is 12.2. The van der Waals surface area contributed by atoms with Gasteiger partial charge in [0.15, 0.2) is 11.6 Å². The van der Waals surface area contributed by atoms with E-state index >= 15 is 0 Å². The fraction of sp³-hybridized carbons (Fsp3) is 0.462. The van der Waals surface area contributed by atoms with Crippen LogP contribution in [0, 0.1) is 0 Å². The number of allylic oxidation sites excluding steroid dienone is 1. The summed E-state index contributed by atoms with van der Waals surface area (Å²) >= 11 is 0. The number of oxime groups is 1. The second-order valence-corrected chi connectivity index (χ2v) is 4.01. The van der Waals surface area contributed by atoms with Gasteiger partial charge >= 0.3 is 11.9 Å². The van der Waals surface area contributed by atoms with Gasteiger partial charge in [0, 0.05) is 33.1 Å². The van der Waals surface area contributed by atoms with E-state index in [9.17, 15) is 19.2 Å². The fourth-order valence-electron chi connectivity index (χ4n) is 1.04. The van der Waals surface area contributed by atoms with Crippen LogP contribution in [0.15, 0.2) is 17.4 Å². The van der Waals surface area contributed by atoms with E-state index in [1.54, 1.807) is 6.92 Å². The van der Waals surface area contributed by atoms with Gasteiger partial charge in [-0.2, -0.15) is 0 Å².